The molecular weight excluding hydrogens is 589 g/mol. The van der Waals surface area contributed by atoms with E-state index in [0.717, 1.165) is 19.4 Å². The van der Waals surface area contributed by atoms with Crippen molar-refractivity contribution >= 4 is 33.7 Å². The molecule has 2 aliphatic rings. The molecule has 46 heavy (non-hydrogen) atoms. The Kier molecular flexibility index (Phi) is 8.34. The lowest BCUT2D eigenvalue weighted by Gasteiger charge is -2.45. The lowest BCUT2D eigenvalue weighted by atomic mass is 10.1. The molecule has 2 aliphatic heterocycles. The lowest BCUT2D eigenvalue weighted by Crippen LogP contribution is -2.59. The first-order valence-corrected chi connectivity index (χ1v) is 15.9. The third-order valence-corrected chi connectivity index (χ3v) is 8.81. The topological polar surface area (TPSA) is 106 Å². The quantitative estimate of drug-likeness (QED) is 0.298. The number of halogens is 1. The number of aryl methyl sites for hydroxylation is 1. The Bertz CT molecular complexity index is 1840. The molecule has 0 N–H and O–H groups in total. The van der Waals surface area contributed by atoms with Crippen molar-refractivity contribution in [3.05, 3.63) is 58.4 Å². The van der Waals surface area contributed by atoms with E-state index >= 15 is 4.39 Å². The van der Waals surface area contributed by atoms with Crippen molar-refractivity contribution in [1.82, 2.24) is 29.3 Å². The number of carbonyl (C=O) groups is 1. The summed E-state index contributed by atoms with van der Waals surface area (Å²) in [6.45, 7) is 13.4. The number of likely N-dealkylation sites (tertiary alicyclic amines) is 1. The molecule has 4 aromatic rings. The lowest BCUT2D eigenvalue weighted by molar-refractivity contribution is 0.0192. The van der Waals surface area contributed by atoms with Crippen LogP contribution in [-0.2, 0) is 4.74 Å². The Balaban J connectivity index is 1.47. The van der Waals surface area contributed by atoms with Crippen molar-refractivity contribution in [2.24, 2.45) is 0 Å². The van der Waals surface area contributed by atoms with Crippen LogP contribution < -0.4 is 15.2 Å². The van der Waals surface area contributed by atoms with Crippen LogP contribution in [-0.4, -0.2) is 92.4 Å². The van der Waals surface area contributed by atoms with Gasteiger partial charge in [0.2, 0.25) is 0 Å². The van der Waals surface area contributed by atoms with E-state index in [2.05, 4.69) is 21.8 Å². The predicted octanol–water partition coefficient (Wildman–Crippen LogP) is 5.08. The third kappa shape index (κ3) is 5.97. The van der Waals surface area contributed by atoms with E-state index < -0.39 is 17.0 Å². The maximum atomic E-state index is 15.2. The molecule has 0 radical (unpaired) electrons. The summed E-state index contributed by atoms with van der Waals surface area (Å²) in [5.74, 6) is 0.394. The van der Waals surface area contributed by atoms with Gasteiger partial charge in [-0.05, 0) is 85.5 Å². The van der Waals surface area contributed by atoms with Crippen molar-refractivity contribution in [1.29, 1.82) is 0 Å². The summed E-state index contributed by atoms with van der Waals surface area (Å²) < 4.78 is 28.5. The Labute approximate surface area is 267 Å². The minimum atomic E-state index is -0.614. The minimum absolute atomic E-state index is 0.0766. The molecule has 6 rings (SSSR count). The normalized spacial score (nSPS) is 20.9. The van der Waals surface area contributed by atoms with Crippen LogP contribution in [0.2, 0.25) is 0 Å². The fraction of sp³-hybridized carbons (Fsp3) is 0.500. The molecule has 4 heterocycles. The van der Waals surface area contributed by atoms with Crippen molar-refractivity contribution in [2.45, 2.75) is 78.1 Å². The van der Waals surface area contributed by atoms with Crippen molar-refractivity contribution in [3.8, 4) is 11.7 Å². The Morgan fingerprint density at radius 2 is 1.72 bits per heavy atom. The molecule has 2 fully saturated rings. The van der Waals surface area contributed by atoms with Gasteiger partial charge in [0, 0.05) is 36.6 Å². The zero-order chi connectivity index (χ0) is 32.9. The molecule has 0 saturated carbocycles. The summed E-state index contributed by atoms with van der Waals surface area (Å²) in [6, 6.07) is 10.0. The van der Waals surface area contributed by atoms with Crippen LogP contribution in [0.4, 0.5) is 15.0 Å². The van der Waals surface area contributed by atoms with Gasteiger partial charge in [-0.1, -0.05) is 24.3 Å². The van der Waals surface area contributed by atoms with Crippen LogP contribution >= 0.6 is 0 Å². The second-order valence-electron chi connectivity index (χ2n) is 13.5. The van der Waals surface area contributed by atoms with Crippen molar-refractivity contribution in [3.63, 3.8) is 0 Å². The van der Waals surface area contributed by atoms with Crippen molar-refractivity contribution < 1.29 is 18.7 Å². The molecule has 0 aliphatic carbocycles. The van der Waals surface area contributed by atoms with Crippen LogP contribution in [0.3, 0.4) is 0 Å². The van der Waals surface area contributed by atoms with E-state index in [0.29, 0.717) is 53.3 Å². The Morgan fingerprint density at radius 1 is 1.02 bits per heavy atom. The molecule has 12 heteroatoms. The SMILES string of the molecule is Cc1nc2c(N3[C@@H](C)CN(C(=O)OC(C)(C)C)C[C@@H]3C)nc(OC[C@@H]3CCCN3C)nc2c(=O)n1-c1cccc2cccc(F)c12. The zero-order valence-corrected chi connectivity index (χ0v) is 27.6. The maximum Gasteiger partial charge on any atom is 0.410 e. The number of rotatable bonds is 5. The van der Waals surface area contributed by atoms with Crippen LogP contribution in [0.25, 0.3) is 27.5 Å². The van der Waals surface area contributed by atoms with Crippen LogP contribution in [0.1, 0.15) is 53.3 Å². The molecule has 1 amide bonds. The summed E-state index contributed by atoms with van der Waals surface area (Å²) in [7, 11) is 2.07. The van der Waals surface area contributed by atoms with E-state index in [1.807, 2.05) is 46.8 Å². The van der Waals surface area contributed by atoms with Gasteiger partial charge < -0.3 is 24.2 Å². The van der Waals surface area contributed by atoms with Crippen molar-refractivity contribution in [2.75, 3.05) is 38.2 Å². The smallest absolute Gasteiger partial charge is 0.410 e. The largest absolute Gasteiger partial charge is 0.462 e. The Hall–Kier alpha value is -4.32. The number of aromatic nitrogens is 4. The summed E-state index contributed by atoms with van der Waals surface area (Å²) in [4.78, 5) is 47.8. The number of carbonyl (C=O) groups excluding carboxylic acids is 1. The van der Waals surface area contributed by atoms with Gasteiger partial charge in [0.1, 0.15) is 29.4 Å². The summed E-state index contributed by atoms with van der Waals surface area (Å²) in [5.41, 5.74) is -0.271. The van der Waals surface area contributed by atoms with Crippen LogP contribution in [0.15, 0.2) is 41.2 Å². The number of piperazine rings is 1. The molecular formula is C34H42FN7O4. The Morgan fingerprint density at radius 3 is 2.37 bits per heavy atom. The van der Waals surface area contributed by atoms with Gasteiger partial charge >= 0.3 is 12.1 Å². The highest BCUT2D eigenvalue weighted by Gasteiger charge is 2.37. The molecule has 2 aromatic heterocycles. The van der Waals surface area contributed by atoms with Crippen LogP contribution in [0.5, 0.6) is 6.01 Å². The average molecular weight is 632 g/mol. The van der Waals surface area contributed by atoms with Gasteiger partial charge in [0.25, 0.3) is 5.56 Å². The number of amides is 1. The number of nitrogens with zero attached hydrogens (tertiary/aromatic N) is 7. The van der Waals surface area contributed by atoms with Gasteiger partial charge in [-0.15, -0.1) is 0 Å². The number of hydrogen-bond donors (Lipinski definition) is 0. The summed E-state index contributed by atoms with van der Waals surface area (Å²) in [6.07, 6.45) is 1.71. The van der Waals surface area contributed by atoms with E-state index in [1.165, 1.54) is 10.6 Å². The van der Waals surface area contributed by atoms with Gasteiger partial charge in [-0.2, -0.15) is 9.97 Å². The zero-order valence-electron chi connectivity index (χ0n) is 27.6. The highest BCUT2D eigenvalue weighted by molar-refractivity contribution is 5.92. The molecule has 244 valence electrons. The number of likely N-dealkylation sites (N-methyl/N-ethyl adjacent to an activating group) is 1. The van der Waals surface area contributed by atoms with Gasteiger partial charge in [-0.25, -0.2) is 14.2 Å². The predicted molar refractivity (Wildman–Crippen MR) is 175 cm³/mol. The molecule has 2 saturated heterocycles. The van der Waals surface area contributed by atoms with E-state index in [9.17, 15) is 9.59 Å². The second-order valence-corrected chi connectivity index (χ2v) is 13.5. The van der Waals surface area contributed by atoms with Gasteiger partial charge in [0.05, 0.1) is 5.69 Å². The molecule has 0 unspecified atom stereocenters. The monoisotopic (exact) mass is 631 g/mol. The number of anilines is 1. The second kappa shape index (κ2) is 12.1. The molecule has 2 aromatic carbocycles. The van der Waals surface area contributed by atoms with Crippen LogP contribution in [0, 0.1) is 12.7 Å². The molecule has 3 atom stereocenters. The summed E-state index contributed by atoms with van der Waals surface area (Å²) in [5, 5.41) is 0.995. The van der Waals surface area contributed by atoms with Gasteiger partial charge in [0.15, 0.2) is 11.3 Å². The fourth-order valence-electron chi connectivity index (χ4n) is 6.71. The van der Waals surface area contributed by atoms with E-state index in [1.54, 1.807) is 30.0 Å². The minimum Gasteiger partial charge on any atom is -0.462 e. The number of ether oxygens (including phenoxy) is 2. The number of fused-ring (bicyclic) bond motifs is 2. The van der Waals surface area contributed by atoms with E-state index in [-0.39, 0.29) is 35.7 Å². The average Bonchev–Trinajstić information content (AvgIpc) is 3.39. The van der Waals surface area contributed by atoms with Gasteiger partial charge in [-0.3, -0.25) is 9.36 Å². The number of hydrogen-bond acceptors (Lipinski definition) is 9. The maximum absolute atomic E-state index is 15.2. The fourth-order valence-corrected chi connectivity index (χ4v) is 6.71. The molecule has 0 bridgehead atoms. The first-order valence-electron chi connectivity index (χ1n) is 15.9. The molecule has 0 spiro atoms. The third-order valence-electron chi connectivity index (χ3n) is 8.81. The van der Waals surface area contributed by atoms with E-state index in [4.69, 9.17) is 19.4 Å². The first-order chi connectivity index (χ1) is 21.8. The highest BCUT2D eigenvalue weighted by Crippen LogP contribution is 2.32. The number of benzene rings is 2. The first kappa shape index (κ1) is 31.7. The highest BCUT2D eigenvalue weighted by atomic mass is 19.1. The standard InChI is InChI=1S/C34H42FN7O4/c1-20-17-40(33(44)46-34(4,5)6)18-21(2)41(20)30-28-29(37-32(38-30)45-19-24-13-10-16-39(24)7)31(43)42(22(3)36-28)26-15-9-12-23-11-8-14-25(35)27(23)26/h8-9,11-12,14-15,20-21,24H,10,13,16-19H2,1-7H3/t20-,21-,24-/m0/s1. The molecule has 11 nitrogen and oxygen atoms in total. The summed E-state index contributed by atoms with van der Waals surface area (Å²) >= 11 is 0.